The van der Waals surface area contributed by atoms with Gasteiger partial charge in [0.2, 0.25) is 0 Å². The van der Waals surface area contributed by atoms with E-state index in [1.807, 2.05) is 0 Å². The van der Waals surface area contributed by atoms with E-state index in [2.05, 4.69) is 0 Å². The molecule has 7 heteroatoms. The summed E-state index contributed by atoms with van der Waals surface area (Å²) >= 11 is 0. The molecule has 0 saturated carbocycles. The van der Waals surface area contributed by atoms with Gasteiger partial charge in [0.25, 0.3) is 18.9 Å². The van der Waals surface area contributed by atoms with Crippen LogP contribution in [0.15, 0.2) is 0 Å². The third kappa shape index (κ3) is 648. The molecule has 0 aliphatic heterocycles. The zero-order valence-electron chi connectivity index (χ0n) is 5.52. The summed E-state index contributed by atoms with van der Waals surface area (Å²) in [7, 11) is 0. The summed E-state index contributed by atoms with van der Waals surface area (Å²) in [6.07, 6.45) is 0. The molecule has 3 N–H and O–H groups in total. The van der Waals surface area contributed by atoms with Crippen LogP contribution in [0.4, 0.5) is 0 Å². The Hall–Kier alpha value is -0.850. The van der Waals surface area contributed by atoms with E-state index < -0.39 is 5.97 Å². The Morgan fingerprint density at radius 1 is 1.18 bits per heavy atom. The fourth-order valence-corrected chi connectivity index (χ4v) is 0. The van der Waals surface area contributed by atoms with Crippen molar-refractivity contribution in [1.82, 2.24) is 0 Å². The summed E-state index contributed by atoms with van der Waals surface area (Å²) < 4.78 is 0. The summed E-state index contributed by atoms with van der Waals surface area (Å²) in [5.41, 5.74) is 0. The number of carbonyl (C=O) groups is 3. The SMILES string of the molecule is CC(=O)O.O=CO.O=CO.[Au]. The van der Waals surface area contributed by atoms with Crippen LogP contribution in [0.2, 0.25) is 0 Å². The van der Waals surface area contributed by atoms with Gasteiger partial charge < -0.3 is 15.3 Å². The van der Waals surface area contributed by atoms with E-state index in [0.29, 0.717) is 0 Å². The Labute approximate surface area is 78.3 Å². The van der Waals surface area contributed by atoms with Gasteiger partial charge in [-0.2, -0.15) is 0 Å². The van der Waals surface area contributed by atoms with Crippen molar-refractivity contribution in [2.75, 3.05) is 0 Å². The molecule has 0 aromatic heterocycles. The van der Waals surface area contributed by atoms with Gasteiger partial charge in [-0.3, -0.25) is 14.4 Å². The molecule has 0 aliphatic rings. The molecule has 0 aliphatic carbocycles. The van der Waals surface area contributed by atoms with Gasteiger partial charge in [-0.25, -0.2) is 0 Å². The second-order valence-corrected chi connectivity index (χ2v) is 0.730. The summed E-state index contributed by atoms with van der Waals surface area (Å²) in [6, 6.07) is 0. The second kappa shape index (κ2) is 35.3. The fourth-order valence-electron chi connectivity index (χ4n) is 0. The van der Waals surface area contributed by atoms with Crippen molar-refractivity contribution < 1.29 is 52.1 Å². The van der Waals surface area contributed by atoms with Crippen molar-refractivity contribution in [3.63, 3.8) is 0 Å². The Balaban J connectivity index is -0.0000000325. The minimum atomic E-state index is -0.833. The van der Waals surface area contributed by atoms with Crippen LogP contribution in [0.25, 0.3) is 0 Å². The number of hydrogen-bond donors (Lipinski definition) is 3. The monoisotopic (exact) mass is 349 g/mol. The van der Waals surface area contributed by atoms with Gasteiger partial charge in [-0.1, -0.05) is 0 Å². The maximum absolute atomic E-state index is 9.00. The first kappa shape index (κ1) is 22.5. The second-order valence-electron chi connectivity index (χ2n) is 0.730. The molecule has 71 valence electrons. The largest absolute Gasteiger partial charge is 0.483 e. The standard InChI is InChI=1S/C2H4O2.2CH2O2.Au/c1-2(3)4;2*2-1-3;/h1H3,(H,3,4);2*1H,(H,2,3);. The molecule has 0 atom stereocenters. The average Bonchev–Trinajstić information content (AvgIpc) is 1.65. The first-order chi connectivity index (χ1) is 4.56. The maximum Gasteiger partial charge on any atom is 0.300 e. The topological polar surface area (TPSA) is 112 Å². The van der Waals surface area contributed by atoms with Crippen molar-refractivity contribution in [3.05, 3.63) is 0 Å². The number of carboxylic acid groups (broad SMARTS) is 3. The van der Waals surface area contributed by atoms with E-state index in [4.69, 9.17) is 29.7 Å². The number of rotatable bonds is 0. The molecule has 0 aromatic rings. The van der Waals surface area contributed by atoms with Gasteiger partial charge >= 0.3 is 0 Å². The van der Waals surface area contributed by atoms with Gasteiger partial charge in [0.05, 0.1) is 0 Å². The number of aliphatic carboxylic acids is 1. The van der Waals surface area contributed by atoms with E-state index in [0.717, 1.165) is 6.92 Å². The molecule has 6 nitrogen and oxygen atoms in total. The number of carboxylic acids is 1. The fraction of sp³-hybridized carbons (Fsp3) is 0.250. The van der Waals surface area contributed by atoms with Crippen molar-refractivity contribution in [3.8, 4) is 0 Å². The maximum atomic E-state index is 9.00. The molecule has 0 aromatic carbocycles. The first-order valence-electron chi connectivity index (χ1n) is 1.92. The van der Waals surface area contributed by atoms with Gasteiger partial charge in [0.1, 0.15) is 0 Å². The molecule has 0 spiro atoms. The molecule has 0 heterocycles. The Morgan fingerprint density at radius 2 is 1.18 bits per heavy atom. The van der Waals surface area contributed by atoms with E-state index >= 15 is 0 Å². The molecule has 0 unspecified atom stereocenters. The Bertz CT molecular complexity index is 82.6. The van der Waals surface area contributed by atoms with Crippen LogP contribution in [0.3, 0.4) is 0 Å². The zero-order chi connectivity index (χ0) is 8.99. The van der Waals surface area contributed by atoms with Gasteiger partial charge in [-0.15, -0.1) is 0 Å². The van der Waals surface area contributed by atoms with Gasteiger partial charge in [0, 0.05) is 29.3 Å². The van der Waals surface area contributed by atoms with E-state index in [-0.39, 0.29) is 35.3 Å². The molecular weight excluding hydrogens is 341 g/mol. The quantitative estimate of drug-likeness (QED) is 0.401. The van der Waals surface area contributed by atoms with E-state index in [9.17, 15) is 0 Å². The third-order valence-electron chi connectivity index (χ3n) is 0. The van der Waals surface area contributed by atoms with Crippen LogP contribution in [0, 0.1) is 0 Å². The Morgan fingerprint density at radius 3 is 1.18 bits per heavy atom. The smallest absolute Gasteiger partial charge is 0.300 e. The van der Waals surface area contributed by atoms with Crippen molar-refractivity contribution in [1.29, 1.82) is 0 Å². The van der Waals surface area contributed by atoms with Crippen molar-refractivity contribution >= 4 is 18.9 Å². The van der Waals surface area contributed by atoms with Crippen LogP contribution >= 0.6 is 0 Å². The van der Waals surface area contributed by atoms with Crippen LogP contribution in [-0.2, 0) is 36.8 Å². The number of hydrogen-bond acceptors (Lipinski definition) is 3. The van der Waals surface area contributed by atoms with Gasteiger partial charge in [0.15, 0.2) is 0 Å². The molecule has 0 saturated heterocycles. The molecule has 1 radical (unpaired) electrons. The van der Waals surface area contributed by atoms with Crippen LogP contribution in [0.5, 0.6) is 0 Å². The summed E-state index contributed by atoms with van der Waals surface area (Å²) in [4.78, 5) is 25.7. The summed E-state index contributed by atoms with van der Waals surface area (Å²) in [6.45, 7) is 0.583. The van der Waals surface area contributed by atoms with E-state index in [1.165, 1.54) is 0 Å². The molecule has 0 amide bonds. The van der Waals surface area contributed by atoms with E-state index in [1.54, 1.807) is 0 Å². The minimum absolute atomic E-state index is 0. The normalized spacial score (nSPS) is 4.45. The first-order valence-corrected chi connectivity index (χ1v) is 1.92. The van der Waals surface area contributed by atoms with Gasteiger partial charge in [-0.05, 0) is 0 Å². The molecule has 0 bridgehead atoms. The molecule has 11 heavy (non-hydrogen) atoms. The van der Waals surface area contributed by atoms with Crippen LogP contribution < -0.4 is 0 Å². The molecular formula is C4H8AuO6. The van der Waals surface area contributed by atoms with Crippen LogP contribution in [0.1, 0.15) is 6.92 Å². The minimum Gasteiger partial charge on any atom is -0.483 e. The summed E-state index contributed by atoms with van der Waals surface area (Å²) in [5, 5.41) is 21.2. The molecule has 0 fully saturated rings. The zero-order valence-corrected chi connectivity index (χ0v) is 7.69. The van der Waals surface area contributed by atoms with Crippen LogP contribution in [-0.4, -0.2) is 34.2 Å². The van der Waals surface area contributed by atoms with Crippen molar-refractivity contribution in [2.45, 2.75) is 6.92 Å². The van der Waals surface area contributed by atoms with Crippen molar-refractivity contribution in [2.24, 2.45) is 0 Å². The third-order valence-corrected chi connectivity index (χ3v) is 0. The predicted molar refractivity (Wildman–Crippen MR) is 30.7 cm³/mol. The average molecular weight is 349 g/mol. The molecule has 0 rings (SSSR count). The predicted octanol–water partition coefficient (Wildman–Crippen LogP) is -0.510. The summed E-state index contributed by atoms with van der Waals surface area (Å²) in [5.74, 6) is -0.833. The Kier molecular flexibility index (Phi) is 72.1.